The van der Waals surface area contributed by atoms with Gasteiger partial charge in [0.25, 0.3) is 0 Å². The summed E-state index contributed by atoms with van der Waals surface area (Å²) in [5, 5.41) is 0. The molecule has 26 heavy (non-hydrogen) atoms. The van der Waals surface area contributed by atoms with Crippen molar-refractivity contribution < 1.29 is 17.9 Å². The molecule has 0 aliphatic heterocycles. The maximum absolute atomic E-state index is 12.3. The number of alkyl halides is 3. The van der Waals surface area contributed by atoms with Crippen molar-refractivity contribution in [3.05, 3.63) is 48.8 Å². The Morgan fingerprint density at radius 1 is 1.04 bits per heavy atom. The van der Waals surface area contributed by atoms with Crippen LogP contribution in [0.15, 0.2) is 48.8 Å². The number of ether oxygens (including phenoxy) is 1. The van der Waals surface area contributed by atoms with Gasteiger partial charge in [-0.05, 0) is 49.2 Å². The third kappa shape index (κ3) is 3.49. The number of anilines is 1. The van der Waals surface area contributed by atoms with E-state index in [0.717, 1.165) is 29.7 Å². The van der Waals surface area contributed by atoms with Crippen molar-refractivity contribution in [2.24, 2.45) is 0 Å². The topological polar surface area (TPSA) is 66.0 Å². The van der Waals surface area contributed by atoms with Crippen molar-refractivity contribution in [1.29, 1.82) is 0 Å². The zero-order chi connectivity index (χ0) is 18.3. The van der Waals surface area contributed by atoms with E-state index in [1.165, 1.54) is 12.1 Å². The Morgan fingerprint density at radius 3 is 2.31 bits per heavy atom. The molecule has 0 atom stereocenters. The summed E-state index contributed by atoms with van der Waals surface area (Å²) >= 11 is 0. The van der Waals surface area contributed by atoms with Crippen LogP contribution >= 0.6 is 0 Å². The fourth-order valence-electron chi connectivity index (χ4n) is 2.74. The van der Waals surface area contributed by atoms with Gasteiger partial charge in [-0.1, -0.05) is 0 Å². The molecule has 2 aromatic heterocycles. The minimum atomic E-state index is -4.71. The fraction of sp³-hybridized carbons (Fsp3) is 0.222. The third-order valence-electron chi connectivity index (χ3n) is 4.10. The monoisotopic (exact) mass is 360 g/mol. The van der Waals surface area contributed by atoms with Gasteiger partial charge >= 0.3 is 6.36 Å². The molecule has 8 heteroatoms. The number of aromatic nitrogens is 3. The molecule has 1 fully saturated rings. The van der Waals surface area contributed by atoms with Crippen molar-refractivity contribution in [2.75, 3.05) is 5.73 Å². The second kappa shape index (κ2) is 6.05. The van der Waals surface area contributed by atoms with Crippen molar-refractivity contribution in [2.45, 2.75) is 25.2 Å². The molecule has 4 rings (SSSR count). The van der Waals surface area contributed by atoms with Crippen molar-refractivity contribution >= 4 is 5.82 Å². The molecule has 0 bridgehead atoms. The Labute approximate surface area is 147 Å². The van der Waals surface area contributed by atoms with Crippen molar-refractivity contribution in [1.82, 2.24) is 14.5 Å². The van der Waals surface area contributed by atoms with E-state index >= 15 is 0 Å². The van der Waals surface area contributed by atoms with Crippen LogP contribution in [0.2, 0.25) is 0 Å². The lowest BCUT2D eigenvalue weighted by Gasteiger charge is -2.10. The average molecular weight is 360 g/mol. The van der Waals surface area contributed by atoms with Crippen LogP contribution in [0, 0.1) is 0 Å². The van der Waals surface area contributed by atoms with Crippen LogP contribution in [0.3, 0.4) is 0 Å². The summed E-state index contributed by atoms with van der Waals surface area (Å²) in [5.74, 6) is 0.877. The number of pyridine rings is 1. The summed E-state index contributed by atoms with van der Waals surface area (Å²) in [5.41, 5.74) is 7.92. The molecule has 1 aromatic carbocycles. The van der Waals surface area contributed by atoms with Crippen LogP contribution in [0.1, 0.15) is 18.9 Å². The molecule has 2 heterocycles. The quantitative estimate of drug-likeness (QED) is 0.748. The van der Waals surface area contributed by atoms with Crippen LogP contribution in [0.25, 0.3) is 22.6 Å². The Balaban J connectivity index is 1.68. The summed E-state index contributed by atoms with van der Waals surface area (Å²) in [7, 11) is 0. The number of nitrogens with two attached hydrogens (primary N) is 1. The molecule has 134 valence electrons. The minimum Gasteiger partial charge on any atom is -0.406 e. The molecular weight excluding hydrogens is 345 g/mol. The molecule has 0 radical (unpaired) electrons. The zero-order valence-corrected chi connectivity index (χ0v) is 13.6. The Hall–Kier alpha value is -3.03. The van der Waals surface area contributed by atoms with E-state index < -0.39 is 6.36 Å². The zero-order valence-electron chi connectivity index (χ0n) is 13.6. The van der Waals surface area contributed by atoms with Gasteiger partial charge in [0.15, 0.2) is 0 Å². The van der Waals surface area contributed by atoms with Crippen LogP contribution in [0.5, 0.6) is 5.75 Å². The van der Waals surface area contributed by atoms with Crippen LogP contribution in [0.4, 0.5) is 19.0 Å². The first-order chi connectivity index (χ1) is 12.4. The molecule has 1 aliphatic carbocycles. The lowest BCUT2D eigenvalue weighted by Crippen LogP contribution is -2.16. The number of rotatable bonds is 4. The van der Waals surface area contributed by atoms with E-state index in [1.54, 1.807) is 24.4 Å². The highest BCUT2D eigenvalue weighted by molar-refractivity contribution is 5.66. The standard InChI is InChI=1S/C18H15F3N4O/c19-18(20,21)26-14-6-1-11(2-7-14)17-24-15(10-25(17)13-4-5-13)12-3-8-16(22)23-9-12/h1-3,6-10,13H,4-5H2,(H2,22,23). The van der Waals surface area contributed by atoms with Crippen LogP contribution < -0.4 is 10.5 Å². The maximum Gasteiger partial charge on any atom is 0.573 e. The van der Waals surface area contributed by atoms with Gasteiger partial charge < -0.3 is 15.0 Å². The molecule has 0 unspecified atom stereocenters. The van der Waals surface area contributed by atoms with Gasteiger partial charge in [0.1, 0.15) is 17.4 Å². The largest absolute Gasteiger partial charge is 0.573 e. The number of halogens is 3. The number of benzene rings is 1. The first-order valence-corrected chi connectivity index (χ1v) is 8.06. The predicted molar refractivity (Wildman–Crippen MR) is 90.3 cm³/mol. The van der Waals surface area contributed by atoms with E-state index in [-0.39, 0.29) is 5.75 Å². The molecule has 5 nitrogen and oxygen atoms in total. The smallest absolute Gasteiger partial charge is 0.406 e. The number of hydrogen-bond acceptors (Lipinski definition) is 4. The summed E-state index contributed by atoms with van der Waals surface area (Å²) in [4.78, 5) is 8.74. The minimum absolute atomic E-state index is 0.256. The van der Waals surface area contributed by atoms with Crippen molar-refractivity contribution in [3.8, 4) is 28.4 Å². The maximum atomic E-state index is 12.3. The molecule has 0 spiro atoms. The summed E-state index contributed by atoms with van der Waals surface area (Å²) in [6.07, 6.45) is 0.999. The molecule has 2 N–H and O–H groups in total. The molecule has 1 aliphatic rings. The molecule has 1 saturated carbocycles. The van der Waals surface area contributed by atoms with Gasteiger partial charge in [-0.25, -0.2) is 9.97 Å². The van der Waals surface area contributed by atoms with Gasteiger partial charge in [-0.15, -0.1) is 13.2 Å². The van der Waals surface area contributed by atoms with Gasteiger partial charge in [0.2, 0.25) is 0 Å². The van der Waals surface area contributed by atoms with Crippen LogP contribution in [-0.4, -0.2) is 20.9 Å². The molecule has 3 aromatic rings. The normalized spacial score (nSPS) is 14.4. The second-order valence-electron chi connectivity index (χ2n) is 6.13. The lowest BCUT2D eigenvalue weighted by atomic mass is 10.2. The first kappa shape index (κ1) is 16.4. The predicted octanol–water partition coefficient (Wildman–Crippen LogP) is 4.43. The number of nitrogens with zero attached hydrogens (tertiary/aromatic N) is 3. The fourth-order valence-corrected chi connectivity index (χ4v) is 2.74. The van der Waals surface area contributed by atoms with Gasteiger partial charge in [-0.2, -0.15) is 0 Å². The average Bonchev–Trinajstić information content (AvgIpc) is 3.34. The Morgan fingerprint density at radius 2 is 1.73 bits per heavy atom. The summed E-state index contributed by atoms with van der Waals surface area (Å²) < 4.78 is 42.9. The lowest BCUT2D eigenvalue weighted by molar-refractivity contribution is -0.274. The molecular formula is C18H15F3N4O. The van der Waals surface area contributed by atoms with E-state index in [9.17, 15) is 13.2 Å². The highest BCUT2D eigenvalue weighted by Crippen LogP contribution is 2.40. The molecule has 0 saturated heterocycles. The first-order valence-electron chi connectivity index (χ1n) is 8.06. The summed E-state index contributed by atoms with van der Waals surface area (Å²) in [6, 6.07) is 9.64. The van der Waals surface area contributed by atoms with Crippen LogP contribution in [-0.2, 0) is 0 Å². The second-order valence-corrected chi connectivity index (χ2v) is 6.13. The number of imidazole rings is 1. The van der Waals surface area contributed by atoms with E-state index in [1.807, 2.05) is 12.3 Å². The van der Waals surface area contributed by atoms with E-state index in [4.69, 9.17) is 5.73 Å². The highest BCUT2D eigenvalue weighted by Gasteiger charge is 2.31. The molecule has 0 amide bonds. The van der Waals surface area contributed by atoms with E-state index in [0.29, 0.717) is 17.7 Å². The highest BCUT2D eigenvalue weighted by atomic mass is 19.4. The SMILES string of the molecule is Nc1ccc(-c2cn(C3CC3)c(-c3ccc(OC(F)(F)F)cc3)n2)cn1. The summed E-state index contributed by atoms with van der Waals surface area (Å²) in [6.45, 7) is 0. The van der Waals surface area contributed by atoms with E-state index in [2.05, 4.69) is 19.3 Å². The van der Waals surface area contributed by atoms with Gasteiger partial charge in [-0.3, -0.25) is 0 Å². The Bertz CT molecular complexity index is 913. The van der Waals surface area contributed by atoms with Crippen molar-refractivity contribution in [3.63, 3.8) is 0 Å². The third-order valence-corrected chi connectivity index (χ3v) is 4.10. The number of nitrogen functional groups attached to an aromatic ring is 1. The number of hydrogen-bond donors (Lipinski definition) is 1. The van der Waals surface area contributed by atoms with Gasteiger partial charge in [0.05, 0.1) is 5.69 Å². The van der Waals surface area contributed by atoms with Gasteiger partial charge in [0, 0.05) is 29.6 Å². The Kier molecular flexibility index (Phi) is 3.82.